The molecular formula is C12H23N3O3S. The fraction of sp³-hybridized carbons (Fsp3) is 0.917. The van der Waals surface area contributed by atoms with Crippen LogP contribution in [-0.2, 0) is 14.8 Å². The quantitative estimate of drug-likeness (QED) is 0.594. The molecule has 0 radical (unpaired) electrons. The first-order chi connectivity index (χ1) is 9.07. The van der Waals surface area contributed by atoms with E-state index in [1.54, 1.807) is 0 Å². The maximum atomic E-state index is 11.7. The number of hydrogen-bond acceptors (Lipinski definition) is 4. The second kappa shape index (κ2) is 6.67. The standard InChI is InChI=1S/C12H23N3O3S/c16-12(11-5-2-6-13-11)14-7-8-19(17,18)15-9-10-3-1-4-10/h10-11,13,15H,1-9H2,(H,14,16). The number of carbonyl (C=O) groups is 1. The van der Waals surface area contributed by atoms with Crippen molar-refractivity contribution in [2.45, 2.75) is 38.1 Å². The van der Waals surface area contributed by atoms with E-state index in [-0.39, 0.29) is 24.2 Å². The van der Waals surface area contributed by atoms with Gasteiger partial charge in [0, 0.05) is 13.1 Å². The average molecular weight is 289 g/mol. The van der Waals surface area contributed by atoms with E-state index in [9.17, 15) is 13.2 Å². The molecule has 1 atom stereocenters. The summed E-state index contributed by atoms with van der Waals surface area (Å²) in [6, 6.07) is -0.148. The molecule has 6 nitrogen and oxygen atoms in total. The normalized spacial score (nSPS) is 24.1. The molecule has 19 heavy (non-hydrogen) atoms. The third-order valence-electron chi connectivity index (χ3n) is 3.86. The van der Waals surface area contributed by atoms with Gasteiger partial charge >= 0.3 is 0 Å². The molecule has 110 valence electrons. The topological polar surface area (TPSA) is 87.3 Å². The number of rotatable bonds is 7. The Balaban J connectivity index is 1.61. The van der Waals surface area contributed by atoms with Gasteiger partial charge in [0.15, 0.2) is 0 Å². The highest BCUT2D eigenvalue weighted by Gasteiger charge is 2.23. The molecule has 3 N–H and O–H groups in total. The van der Waals surface area contributed by atoms with E-state index >= 15 is 0 Å². The summed E-state index contributed by atoms with van der Waals surface area (Å²) in [6.07, 6.45) is 5.27. The van der Waals surface area contributed by atoms with E-state index in [4.69, 9.17) is 0 Å². The molecule has 1 unspecified atom stereocenters. The minimum Gasteiger partial charge on any atom is -0.354 e. The average Bonchev–Trinajstić information content (AvgIpc) is 2.79. The molecule has 1 saturated heterocycles. The van der Waals surface area contributed by atoms with Gasteiger partial charge in [0.2, 0.25) is 15.9 Å². The lowest BCUT2D eigenvalue weighted by Gasteiger charge is -2.25. The van der Waals surface area contributed by atoms with Crippen molar-refractivity contribution in [1.29, 1.82) is 0 Å². The van der Waals surface area contributed by atoms with E-state index in [1.165, 1.54) is 6.42 Å². The number of sulfonamides is 1. The van der Waals surface area contributed by atoms with E-state index in [1.807, 2.05) is 0 Å². The zero-order valence-corrected chi connectivity index (χ0v) is 12.0. The lowest BCUT2D eigenvalue weighted by Crippen LogP contribution is -2.43. The van der Waals surface area contributed by atoms with Crippen LogP contribution < -0.4 is 15.4 Å². The number of carbonyl (C=O) groups excluding carboxylic acids is 1. The van der Waals surface area contributed by atoms with Gasteiger partial charge < -0.3 is 10.6 Å². The summed E-state index contributed by atoms with van der Waals surface area (Å²) < 4.78 is 26.0. The summed E-state index contributed by atoms with van der Waals surface area (Å²) in [5.74, 6) is 0.372. The van der Waals surface area contributed by atoms with Crippen molar-refractivity contribution in [2.75, 3.05) is 25.4 Å². The predicted molar refractivity (Wildman–Crippen MR) is 73.2 cm³/mol. The minimum atomic E-state index is -3.26. The third-order valence-corrected chi connectivity index (χ3v) is 5.21. The number of nitrogens with one attached hydrogen (secondary N) is 3. The molecule has 1 aliphatic carbocycles. The van der Waals surface area contributed by atoms with E-state index in [2.05, 4.69) is 15.4 Å². The fourth-order valence-electron chi connectivity index (χ4n) is 2.35. The molecule has 2 rings (SSSR count). The molecule has 1 aliphatic heterocycles. The SMILES string of the molecule is O=C(NCCS(=O)(=O)NCC1CCC1)C1CCCN1. The Hall–Kier alpha value is -0.660. The van der Waals surface area contributed by atoms with Crippen molar-refractivity contribution in [3.05, 3.63) is 0 Å². The first-order valence-electron chi connectivity index (χ1n) is 7.05. The summed E-state index contributed by atoms with van der Waals surface area (Å²) in [7, 11) is -3.26. The largest absolute Gasteiger partial charge is 0.354 e. The van der Waals surface area contributed by atoms with Gasteiger partial charge in [-0.15, -0.1) is 0 Å². The Morgan fingerprint density at radius 2 is 2.00 bits per heavy atom. The molecular weight excluding hydrogens is 266 g/mol. The first kappa shape index (κ1) is 14.7. The van der Waals surface area contributed by atoms with Crippen molar-refractivity contribution in [2.24, 2.45) is 5.92 Å². The minimum absolute atomic E-state index is 0.0435. The van der Waals surface area contributed by atoms with Crippen molar-refractivity contribution < 1.29 is 13.2 Å². The number of amides is 1. The fourth-order valence-corrected chi connectivity index (χ4v) is 3.36. The highest BCUT2D eigenvalue weighted by Crippen LogP contribution is 2.25. The molecule has 0 aromatic heterocycles. The molecule has 2 aliphatic rings. The smallest absolute Gasteiger partial charge is 0.237 e. The molecule has 7 heteroatoms. The Labute approximate surface area is 114 Å². The lowest BCUT2D eigenvalue weighted by molar-refractivity contribution is -0.122. The molecule has 0 aromatic rings. The van der Waals surface area contributed by atoms with Gasteiger partial charge in [0.05, 0.1) is 11.8 Å². The van der Waals surface area contributed by atoms with Gasteiger partial charge in [0.25, 0.3) is 0 Å². The Morgan fingerprint density at radius 3 is 2.58 bits per heavy atom. The second-order valence-corrected chi connectivity index (χ2v) is 7.33. The Morgan fingerprint density at radius 1 is 1.21 bits per heavy atom. The molecule has 1 heterocycles. The maximum absolute atomic E-state index is 11.7. The van der Waals surface area contributed by atoms with Crippen molar-refractivity contribution >= 4 is 15.9 Å². The van der Waals surface area contributed by atoms with Crippen LogP contribution in [0.3, 0.4) is 0 Å². The van der Waals surface area contributed by atoms with Crippen molar-refractivity contribution in [3.63, 3.8) is 0 Å². The molecule has 0 bridgehead atoms. The number of hydrogen-bond donors (Lipinski definition) is 3. The van der Waals surface area contributed by atoms with Crippen molar-refractivity contribution in [1.82, 2.24) is 15.4 Å². The Bertz CT molecular complexity index is 400. The van der Waals surface area contributed by atoms with Crippen LogP contribution >= 0.6 is 0 Å². The van der Waals surface area contributed by atoms with Crippen LogP contribution in [0.4, 0.5) is 0 Å². The third kappa shape index (κ3) is 4.74. The van der Waals surface area contributed by atoms with Crippen LogP contribution in [0.1, 0.15) is 32.1 Å². The van der Waals surface area contributed by atoms with Crippen LogP contribution in [0.2, 0.25) is 0 Å². The van der Waals surface area contributed by atoms with Gasteiger partial charge in [-0.2, -0.15) is 0 Å². The van der Waals surface area contributed by atoms with Gasteiger partial charge in [-0.05, 0) is 38.1 Å². The van der Waals surface area contributed by atoms with Gasteiger partial charge in [-0.3, -0.25) is 4.79 Å². The molecule has 1 saturated carbocycles. The lowest BCUT2D eigenvalue weighted by atomic mass is 9.86. The van der Waals surface area contributed by atoms with E-state index in [0.29, 0.717) is 12.5 Å². The van der Waals surface area contributed by atoms with Crippen LogP contribution in [0.15, 0.2) is 0 Å². The zero-order valence-electron chi connectivity index (χ0n) is 11.2. The predicted octanol–water partition coefficient (Wildman–Crippen LogP) is -0.426. The van der Waals surface area contributed by atoms with Gasteiger partial charge in [0.1, 0.15) is 0 Å². The second-order valence-electron chi connectivity index (χ2n) is 5.40. The van der Waals surface area contributed by atoms with Crippen LogP contribution in [-0.4, -0.2) is 45.8 Å². The highest BCUT2D eigenvalue weighted by atomic mass is 32.2. The molecule has 2 fully saturated rings. The molecule has 1 amide bonds. The van der Waals surface area contributed by atoms with Crippen LogP contribution in [0.5, 0.6) is 0 Å². The summed E-state index contributed by atoms with van der Waals surface area (Å²) >= 11 is 0. The summed E-state index contributed by atoms with van der Waals surface area (Å²) in [5.41, 5.74) is 0. The summed E-state index contributed by atoms with van der Waals surface area (Å²) in [4.78, 5) is 11.7. The highest BCUT2D eigenvalue weighted by molar-refractivity contribution is 7.89. The maximum Gasteiger partial charge on any atom is 0.237 e. The van der Waals surface area contributed by atoms with E-state index < -0.39 is 10.0 Å². The van der Waals surface area contributed by atoms with Crippen LogP contribution in [0, 0.1) is 5.92 Å². The Kier molecular flexibility index (Phi) is 5.18. The van der Waals surface area contributed by atoms with Crippen LogP contribution in [0.25, 0.3) is 0 Å². The van der Waals surface area contributed by atoms with Gasteiger partial charge in [-0.25, -0.2) is 13.1 Å². The summed E-state index contributed by atoms with van der Waals surface area (Å²) in [5, 5.41) is 5.76. The van der Waals surface area contributed by atoms with E-state index in [0.717, 1.165) is 32.2 Å². The molecule has 0 aromatic carbocycles. The molecule has 0 spiro atoms. The first-order valence-corrected chi connectivity index (χ1v) is 8.70. The zero-order chi connectivity index (χ0) is 13.7. The van der Waals surface area contributed by atoms with Crippen molar-refractivity contribution in [3.8, 4) is 0 Å². The monoisotopic (exact) mass is 289 g/mol. The summed E-state index contributed by atoms with van der Waals surface area (Å²) in [6.45, 7) is 1.58. The van der Waals surface area contributed by atoms with Gasteiger partial charge in [-0.1, -0.05) is 6.42 Å².